The van der Waals surface area contributed by atoms with Crippen LogP contribution in [0.1, 0.15) is 5.56 Å². The highest BCUT2D eigenvalue weighted by Gasteiger charge is 2.23. The summed E-state index contributed by atoms with van der Waals surface area (Å²) >= 11 is 0. The first-order valence-corrected chi connectivity index (χ1v) is 6.06. The second kappa shape index (κ2) is 6.72. The van der Waals surface area contributed by atoms with Crippen LogP contribution in [0, 0.1) is 0 Å². The van der Waals surface area contributed by atoms with Crippen molar-refractivity contribution in [2.75, 3.05) is 20.3 Å². The van der Waals surface area contributed by atoms with Crippen LogP contribution in [0.15, 0.2) is 41.6 Å². The number of nitrogens with one attached hydrogen (secondary N) is 1. The average Bonchev–Trinajstić information content (AvgIpc) is 2.43. The van der Waals surface area contributed by atoms with Gasteiger partial charge in [0.25, 0.3) is 0 Å². The Morgan fingerprint density at radius 2 is 1.95 bits per heavy atom. The third kappa shape index (κ3) is 3.58. The van der Waals surface area contributed by atoms with E-state index in [0.29, 0.717) is 18.8 Å². The molecule has 2 rings (SSSR count). The molecule has 6 nitrogen and oxygen atoms in total. The molecule has 1 aliphatic heterocycles. The van der Waals surface area contributed by atoms with Gasteiger partial charge in [-0.3, -0.25) is 5.32 Å². The van der Waals surface area contributed by atoms with E-state index in [2.05, 4.69) is 10.1 Å². The quantitative estimate of drug-likeness (QED) is 0.664. The molecule has 20 heavy (non-hydrogen) atoms. The van der Waals surface area contributed by atoms with E-state index in [0.717, 1.165) is 5.56 Å². The minimum absolute atomic E-state index is 0.0943. The number of hydrogen-bond acceptors (Lipinski definition) is 5. The maximum Gasteiger partial charge on any atom is 0.412 e. The lowest BCUT2D eigenvalue weighted by atomic mass is 10.2. The Bertz CT molecular complexity index is 518. The molecule has 1 saturated heterocycles. The van der Waals surface area contributed by atoms with Gasteiger partial charge in [0.1, 0.15) is 12.3 Å². The molecule has 1 aromatic carbocycles. The molecule has 1 heterocycles. The third-order valence-electron chi connectivity index (χ3n) is 2.74. The molecule has 1 aromatic rings. The fourth-order valence-corrected chi connectivity index (χ4v) is 1.60. The number of methoxy groups -OCH3 is 1. The fourth-order valence-electron chi connectivity index (χ4n) is 1.60. The Labute approximate surface area is 116 Å². The van der Waals surface area contributed by atoms with E-state index in [1.54, 1.807) is 0 Å². The topological polar surface area (TPSA) is 73.9 Å². The van der Waals surface area contributed by atoms with Gasteiger partial charge < -0.3 is 14.2 Å². The van der Waals surface area contributed by atoms with Gasteiger partial charge in [-0.15, -0.1) is 0 Å². The number of alkyl carbamates (subject to hydrolysis) is 1. The second-order valence-corrected chi connectivity index (χ2v) is 4.15. The number of rotatable bonds is 4. The van der Waals surface area contributed by atoms with Gasteiger partial charge in [-0.1, -0.05) is 30.3 Å². The van der Waals surface area contributed by atoms with Crippen molar-refractivity contribution in [3.8, 4) is 0 Å². The smallest absolute Gasteiger partial charge is 0.412 e. The maximum absolute atomic E-state index is 11.7. The first-order valence-electron chi connectivity index (χ1n) is 6.06. The summed E-state index contributed by atoms with van der Waals surface area (Å²) in [5, 5.41) is 2.40. The van der Waals surface area contributed by atoms with E-state index in [9.17, 15) is 9.59 Å². The Morgan fingerprint density at radius 1 is 1.25 bits per heavy atom. The molecule has 1 N–H and O–H groups in total. The van der Waals surface area contributed by atoms with Gasteiger partial charge in [-0.25, -0.2) is 9.59 Å². The molecule has 0 bridgehead atoms. The number of carbonyl (C=O) groups excluding carboxylic acids is 2. The lowest BCUT2D eigenvalue weighted by molar-refractivity contribution is -0.136. The molecular weight excluding hydrogens is 262 g/mol. The molecule has 0 aliphatic carbocycles. The number of carbonyl (C=O) groups is 2. The van der Waals surface area contributed by atoms with Gasteiger partial charge >= 0.3 is 12.1 Å². The summed E-state index contributed by atoms with van der Waals surface area (Å²) in [4.78, 5) is 23.2. The number of benzene rings is 1. The summed E-state index contributed by atoms with van der Waals surface area (Å²) < 4.78 is 14.6. The van der Waals surface area contributed by atoms with Crippen LogP contribution in [0.4, 0.5) is 4.79 Å². The monoisotopic (exact) mass is 277 g/mol. The largest absolute Gasteiger partial charge is 0.464 e. The summed E-state index contributed by atoms with van der Waals surface area (Å²) in [7, 11) is 1.25. The van der Waals surface area contributed by atoms with Crippen molar-refractivity contribution in [2.24, 2.45) is 0 Å². The molecule has 1 amide bonds. The Kier molecular flexibility index (Phi) is 4.73. The first kappa shape index (κ1) is 14.1. The molecular formula is C14H15NO5. The van der Waals surface area contributed by atoms with Crippen molar-refractivity contribution in [1.82, 2.24) is 5.32 Å². The molecule has 0 aromatic heterocycles. The van der Waals surface area contributed by atoms with Crippen LogP contribution in [0.3, 0.4) is 0 Å². The third-order valence-corrected chi connectivity index (χ3v) is 2.74. The minimum atomic E-state index is -0.700. The average molecular weight is 277 g/mol. The number of amides is 1. The van der Waals surface area contributed by atoms with Crippen LogP contribution in [0.2, 0.25) is 0 Å². The number of hydrogen-bond donors (Lipinski definition) is 1. The Hall–Kier alpha value is -2.34. The van der Waals surface area contributed by atoms with E-state index in [1.807, 2.05) is 30.3 Å². The van der Waals surface area contributed by atoms with Crippen LogP contribution in [0.25, 0.3) is 0 Å². The van der Waals surface area contributed by atoms with Crippen LogP contribution in [0.5, 0.6) is 0 Å². The van der Waals surface area contributed by atoms with Crippen LogP contribution >= 0.6 is 0 Å². The molecule has 1 aliphatic rings. The highest BCUT2D eigenvalue weighted by atomic mass is 16.6. The van der Waals surface area contributed by atoms with Crippen molar-refractivity contribution in [2.45, 2.75) is 6.61 Å². The molecule has 106 valence electrons. The highest BCUT2D eigenvalue weighted by molar-refractivity contribution is 5.93. The fraction of sp³-hybridized carbons (Fsp3) is 0.286. The summed E-state index contributed by atoms with van der Waals surface area (Å²) in [6, 6.07) is 9.26. The molecule has 0 saturated carbocycles. The van der Waals surface area contributed by atoms with Crippen molar-refractivity contribution < 1.29 is 23.8 Å². The predicted octanol–water partition coefficient (Wildman–Crippen LogP) is 1.37. The zero-order valence-corrected chi connectivity index (χ0v) is 11.0. The van der Waals surface area contributed by atoms with Crippen LogP contribution < -0.4 is 5.32 Å². The second-order valence-electron chi connectivity index (χ2n) is 4.15. The van der Waals surface area contributed by atoms with Gasteiger partial charge in [0.05, 0.1) is 20.3 Å². The van der Waals surface area contributed by atoms with Gasteiger partial charge in [-0.2, -0.15) is 0 Å². The van der Waals surface area contributed by atoms with Gasteiger partial charge in [-0.05, 0) is 5.56 Å². The minimum Gasteiger partial charge on any atom is -0.464 e. The summed E-state index contributed by atoms with van der Waals surface area (Å²) in [5.41, 5.74) is 1.65. The maximum atomic E-state index is 11.7. The van der Waals surface area contributed by atoms with Gasteiger partial charge in [0, 0.05) is 5.57 Å². The van der Waals surface area contributed by atoms with E-state index < -0.39 is 12.1 Å². The van der Waals surface area contributed by atoms with Crippen molar-refractivity contribution in [3.63, 3.8) is 0 Å². The zero-order chi connectivity index (χ0) is 14.4. The number of esters is 1. The van der Waals surface area contributed by atoms with Gasteiger partial charge in [0.15, 0.2) is 0 Å². The van der Waals surface area contributed by atoms with Crippen LogP contribution in [-0.4, -0.2) is 32.4 Å². The molecule has 6 heteroatoms. The molecule has 0 atom stereocenters. The Balaban J connectivity index is 1.91. The lowest BCUT2D eigenvalue weighted by Crippen LogP contribution is -2.34. The Morgan fingerprint density at radius 3 is 2.50 bits per heavy atom. The molecule has 0 spiro atoms. The van der Waals surface area contributed by atoms with Gasteiger partial charge in [0.2, 0.25) is 0 Å². The van der Waals surface area contributed by atoms with Crippen molar-refractivity contribution >= 4 is 12.1 Å². The van der Waals surface area contributed by atoms with Crippen molar-refractivity contribution in [3.05, 3.63) is 47.2 Å². The normalized spacial score (nSPS) is 13.2. The van der Waals surface area contributed by atoms with E-state index in [1.165, 1.54) is 7.11 Å². The molecule has 0 unspecified atom stereocenters. The number of ether oxygens (including phenoxy) is 3. The molecule has 1 fully saturated rings. The summed E-state index contributed by atoms with van der Waals surface area (Å²) in [5.74, 6) is -0.611. The predicted molar refractivity (Wildman–Crippen MR) is 69.6 cm³/mol. The van der Waals surface area contributed by atoms with E-state index in [-0.39, 0.29) is 12.3 Å². The standard InChI is InChI=1S/C14H15NO5/c1-18-13(16)12(11-8-19-9-11)15-14(17)20-7-10-5-3-2-4-6-10/h2-6H,7-9H2,1H3,(H,15,17). The van der Waals surface area contributed by atoms with E-state index >= 15 is 0 Å². The molecule has 0 radical (unpaired) electrons. The summed E-state index contributed by atoms with van der Waals surface area (Å²) in [6.45, 7) is 0.750. The highest BCUT2D eigenvalue weighted by Crippen LogP contribution is 2.14. The lowest BCUT2D eigenvalue weighted by Gasteiger charge is -2.21. The van der Waals surface area contributed by atoms with Crippen LogP contribution in [-0.2, 0) is 25.6 Å². The summed E-state index contributed by atoms with van der Waals surface area (Å²) in [6.07, 6.45) is -0.700. The zero-order valence-electron chi connectivity index (χ0n) is 11.0. The van der Waals surface area contributed by atoms with E-state index in [4.69, 9.17) is 9.47 Å². The van der Waals surface area contributed by atoms with Crippen molar-refractivity contribution in [1.29, 1.82) is 0 Å². The first-order chi connectivity index (χ1) is 9.70. The SMILES string of the molecule is COC(=O)C(NC(=O)OCc1ccccc1)=C1COC1.